The molecule has 2 bridgehead atoms. The van der Waals surface area contributed by atoms with Gasteiger partial charge in [-0.1, -0.05) is 32.4 Å². The molecule has 31 heavy (non-hydrogen) atoms. The van der Waals surface area contributed by atoms with E-state index in [1.54, 1.807) is 6.92 Å². The number of carbonyl (C=O) groups is 1. The number of nitrogens with zero attached hydrogens (tertiary/aromatic N) is 3. The minimum Gasteiger partial charge on any atom is -0.461 e. The summed E-state index contributed by atoms with van der Waals surface area (Å²) >= 11 is 0. The molecule has 0 saturated carbocycles. The first-order chi connectivity index (χ1) is 14.9. The number of esters is 1. The van der Waals surface area contributed by atoms with E-state index in [1.807, 2.05) is 28.8 Å². The van der Waals surface area contributed by atoms with E-state index in [1.165, 1.54) is 25.7 Å². The number of fused-ring (bicyclic) bond motifs is 3. The molecule has 2 aromatic rings. The largest absolute Gasteiger partial charge is 0.461 e. The summed E-state index contributed by atoms with van der Waals surface area (Å²) in [5.41, 5.74) is 1.07. The van der Waals surface area contributed by atoms with Crippen LogP contribution in [0.3, 0.4) is 0 Å². The first kappa shape index (κ1) is 22.0. The van der Waals surface area contributed by atoms with E-state index in [-0.39, 0.29) is 23.9 Å². The number of ether oxygens (including phenoxy) is 1. The van der Waals surface area contributed by atoms with Gasteiger partial charge in [0.2, 0.25) is 5.69 Å². The second-order valence-electron chi connectivity index (χ2n) is 9.63. The normalized spacial score (nSPS) is 25.0. The molecule has 4 rings (SSSR count). The van der Waals surface area contributed by atoms with Gasteiger partial charge in [0.25, 0.3) is 5.56 Å². The highest BCUT2D eigenvalue weighted by Gasteiger charge is 2.41. The maximum atomic E-state index is 13.5. The van der Waals surface area contributed by atoms with Crippen molar-refractivity contribution >= 4 is 17.0 Å². The van der Waals surface area contributed by atoms with Crippen molar-refractivity contribution in [1.29, 1.82) is 0 Å². The molecule has 0 aliphatic carbocycles. The highest BCUT2D eigenvalue weighted by atomic mass is 16.5. The average Bonchev–Trinajstić information content (AvgIpc) is 2.72. The van der Waals surface area contributed by atoms with E-state index in [4.69, 9.17) is 4.74 Å². The number of hydrogen-bond donors (Lipinski definition) is 0. The molecule has 0 spiro atoms. The van der Waals surface area contributed by atoms with Crippen molar-refractivity contribution in [3.8, 4) is 0 Å². The standard InChI is InChI=1S/C25H35N3O3/c1-5-31-25(30)23-24(29)28(22-12-7-6-11-21(22)26-23)20-14-18-9-8-10-19(15-20)27(18)17(4)13-16(2)3/h6-7,11-12,16-20H,5,8-10,13-15H2,1-4H3/t17?,18-,19+,20?. The molecule has 0 N–H and O–H groups in total. The predicted octanol–water partition coefficient (Wildman–Crippen LogP) is 4.57. The lowest BCUT2D eigenvalue weighted by atomic mass is 9.79. The van der Waals surface area contributed by atoms with Crippen molar-refractivity contribution in [2.24, 2.45) is 5.92 Å². The maximum Gasteiger partial charge on any atom is 0.362 e. The Hall–Kier alpha value is -2.21. The zero-order valence-electron chi connectivity index (χ0n) is 19.2. The van der Waals surface area contributed by atoms with Crippen LogP contribution in [0.4, 0.5) is 0 Å². The Balaban J connectivity index is 1.73. The van der Waals surface area contributed by atoms with Crippen LogP contribution in [0, 0.1) is 5.92 Å². The van der Waals surface area contributed by atoms with Crippen molar-refractivity contribution in [2.75, 3.05) is 6.61 Å². The Morgan fingerprint density at radius 3 is 2.45 bits per heavy atom. The molecule has 2 aliphatic heterocycles. The van der Waals surface area contributed by atoms with Crippen LogP contribution in [0.2, 0.25) is 0 Å². The molecule has 2 unspecified atom stereocenters. The van der Waals surface area contributed by atoms with E-state index in [9.17, 15) is 9.59 Å². The van der Waals surface area contributed by atoms with Crippen LogP contribution in [0.1, 0.15) is 82.8 Å². The lowest BCUT2D eigenvalue weighted by molar-refractivity contribution is -0.0173. The summed E-state index contributed by atoms with van der Waals surface area (Å²) in [5.74, 6) is 0.0440. The number of hydrogen-bond acceptors (Lipinski definition) is 5. The van der Waals surface area contributed by atoms with E-state index in [0.29, 0.717) is 29.6 Å². The smallest absolute Gasteiger partial charge is 0.362 e. The van der Waals surface area contributed by atoms with E-state index in [2.05, 4.69) is 30.7 Å². The minimum atomic E-state index is -0.629. The average molecular weight is 426 g/mol. The van der Waals surface area contributed by atoms with Gasteiger partial charge in [-0.05, 0) is 64.0 Å². The van der Waals surface area contributed by atoms with Crippen LogP contribution < -0.4 is 5.56 Å². The van der Waals surface area contributed by atoms with Gasteiger partial charge >= 0.3 is 5.97 Å². The SMILES string of the molecule is CCOC(=O)c1nc2ccccc2n(C2C[C@H]3CCC[C@@H](C2)N3C(C)CC(C)C)c1=O. The molecule has 6 nitrogen and oxygen atoms in total. The molecule has 0 amide bonds. The topological polar surface area (TPSA) is 64.4 Å². The van der Waals surface area contributed by atoms with Gasteiger partial charge in [0.1, 0.15) is 0 Å². The van der Waals surface area contributed by atoms with Gasteiger partial charge < -0.3 is 9.30 Å². The van der Waals surface area contributed by atoms with Crippen LogP contribution >= 0.6 is 0 Å². The third-order valence-corrected chi connectivity index (χ3v) is 6.96. The number of para-hydroxylation sites is 2. The van der Waals surface area contributed by atoms with Gasteiger partial charge in [-0.3, -0.25) is 9.69 Å². The molecule has 2 saturated heterocycles. The second-order valence-corrected chi connectivity index (χ2v) is 9.63. The van der Waals surface area contributed by atoms with E-state index < -0.39 is 5.97 Å². The first-order valence-corrected chi connectivity index (χ1v) is 11.9. The quantitative estimate of drug-likeness (QED) is 0.635. The molecule has 3 heterocycles. The molecular formula is C25H35N3O3. The second kappa shape index (κ2) is 9.11. The first-order valence-electron chi connectivity index (χ1n) is 11.9. The number of piperidine rings is 2. The Bertz CT molecular complexity index is 985. The number of carbonyl (C=O) groups excluding carboxylic acids is 1. The van der Waals surface area contributed by atoms with Gasteiger partial charge in [-0.2, -0.15) is 0 Å². The molecule has 0 radical (unpaired) electrons. The lowest BCUT2D eigenvalue weighted by Gasteiger charge is -2.52. The molecule has 1 aromatic heterocycles. The number of benzene rings is 1. The van der Waals surface area contributed by atoms with E-state index in [0.717, 1.165) is 18.4 Å². The fourth-order valence-electron chi connectivity index (χ4n) is 5.97. The number of aromatic nitrogens is 2. The van der Waals surface area contributed by atoms with Crippen LogP contribution in [0.5, 0.6) is 0 Å². The summed E-state index contributed by atoms with van der Waals surface area (Å²) in [7, 11) is 0. The summed E-state index contributed by atoms with van der Waals surface area (Å²) < 4.78 is 6.99. The zero-order valence-corrected chi connectivity index (χ0v) is 19.2. The molecule has 1 aromatic carbocycles. The predicted molar refractivity (Wildman–Crippen MR) is 122 cm³/mol. The summed E-state index contributed by atoms with van der Waals surface area (Å²) in [6, 6.07) is 9.24. The summed E-state index contributed by atoms with van der Waals surface area (Å²) in [4.78, 5) is 33.1. The third-order valence-electron chi connectivity index (χ3n) is 6.96. The van der Waals surface area contributed by atoms with E-state index >= 15 is 0 Å². The fraction of sp³-hybridized carbons (Fsp3) is 0.640. The van der Waals surface area contributed by atoms with Gasteiger partial charge in [0.05, 0.1) is 17.6 Å². The highest BCUT2D eigenvalue weighted by Crippen LogP contribution is 2.41. The summed E-state index contributed by atoms with van der Waals surface area (Å²) in [5, 5.41) is 0. The van der Waals surface area contributed by atoms with Crippen molar-refractivity contribution in [3.63, 3.8) is 0 Å². The maximum absolute atomic E-state index is 13.5. The van der Waals surface area contributed by atoms with Crippen molar-refractivity contribution < 1.29 is 9.53 Å². The van der Waals surface area contributed by atoms with Crippen LogP contribution in [0.15, 0.2) is 29.1 Å². The Kier molecular flexibility index (Phi) is 6.47. The third kappa shape index (κ3) is 4.27. The Morgan fingerprint density at radius 1 is 1.13 bits per heavy atom. The molecule has 4 atom stereocenters. The van der Waals surface area contributed by atoms with Gasteiger partial charge in [-0.15, -0.1) is 0 Å². The van der Waals surface area contributed by atoms with Crippen LogP contribution in [-0.4, -0.2) is 45.2 Å². The van der Waals surface area contributed by atoms with Crippen molar-refractivity contribution in [3.05, 3.63) is 40.3 Å². The van der Waals surface area contributed by atoms with Crippen LogP contribution in [-0.2, 0) is 4.74 Å². The van der Waals surface area contributed by atoms with Gasteiger partial charge in [0, 0.05) is 24.2 Å². The van der Waals surface area contributed by atoms with Crippen molar-refractivity contribution in [1.82, 2.24) is 14.5 Å². The summed E-state index contributed by atoms with van der Waals surface area (Å²) in [6.07, 6.45) is 6.69. The zero-order chi connectivity index (χ0) is 22.1. The summed E-state index contributed by atoms with van der Waals surface area (Å²) in [6.45, 7) is 8.91. The highest BCUT2D eigenvalue weighted by molar-refractivity contribution is 5.89. The van der Waals surface area contributed by atoms with Gasteiger partial charge in [0.15, 0.2) is 0 Å². The monoisotopic (exact) mass is 425 g/mol. The molecular weight excluding hydrogens is 390 g/mol. The molecule has 2 fully saturated rings. The number of rotatable bonds is 6. The van der Waals surface area contributed by atoms with Crippen LogP contribution in [0.25, 0.3) is 11.0 Å². The Labute approximate surface area is 184 Å². The minimum absolute atomic E-state index is 0.0753. The molecule has 168 valence electrons. The van der Waals surface area contributed by atoms with Gasteiger partial charge in [-0.25, -0.2) is 9.78 Å². The lowest BCUT2D eigenvalue weighted by Crippen LogP contribution is -2.56. The fourth-order valence-corrected chi connectivity index (χ4v) is 5.97. The Morgan fingerprint density at radius 2 is 1.81 bits per heavy atom. The molecule has 6 heteroatoms. The molecule has 2 aliphatic rings. The van der Waals surface area contributed by atoms with Crippen molar-refractivity contribution in [2.45, 2.75) is 90.4 Å².